The highest BCUT2D eigenvalue weighted by Gasteiger charge is 2.48. The highest BCUT2D eigenvalue weighted by Crippen LogP contribution is 1.80. The second-order valence-electron chi connectivity index (χ2n) is 1.32. The van der Waals surface area contributed by atoms with E-state index in [0.717, 1.165) is 0 Å². The number of halogens is 3. The summed E-state index contributed by atoms with van der Waals surface area (Å²) in [5, 5.41) is 0. The van der Waals surface area contributed by atoms with E-state index in [1.54, 1.807) is 0 Å². The number of hydrogen-bond donors (Lipinski definition) is 0. The highest BCUT2D eigenvalue weighted by atomic mass is 35.6. The van der Waals surface area contributed by atoms with Crippen LogP contribution in [0.15, 0.2) is 0 Å². The molecular formula is C2H8AlCl3OSi. The fraction of sp³-hybridized carbons (Fsp3) is 1.00. The zero-order valence-corrected chi connectivity index (χ0v) is 9.66. The first-order valence-electron chi connectivity index (χ1n) is 1.95. The van der Waals surface area contributed by atoms with Gasteiger partial charge in [0.2, 0.25) is 0 Å². The molecule has 0 aliphatic heterocycles. The van der Waals surface area contributed by atoms with E-state index in [4.69, 9.17) is 14.6 Å². The standard InChI is InChI=1S/2CH3.Al.ClH2OSi.2ClH/c;;;1-3-2;;/h2*1H3;;3H2;2*1H/q;;+3;-1;;/p-2. The molecular weight excluding hydrogens is 201 g/mol. The highest BCUT2D eigenvalue weighted by molar-refractivity contribution is 6.92. The van der Waals surface area contributed by atoms with Gasteiger partial charge in [0.15, 0.2) is 0 Å². The second-order valence-corrected chi connectivity index (χ2v) is 5.63. The molecule has 0 spiro atoms. The Kier molecular flexibility index (Phi) is 23.2. The van der Waals surface area contributed by atoms with Crippen molar-refractivity contribution in [3.05, 3.63) is 0 Å². The SMILES string of the molecule is [CH3][Al+2]([CH3])[O][SiH2]Cl.[Cl-].[Cl-]. The predicted molar refractivity (Wildman–Crippen MR) is 33.0 cm³/mol. The van der Waals surface area contributed by atoms with Crippen molar-refractivity contribution in [3.63, 3.8) is 0 Å². The molecule has 0 heterocycles. The fourth-order valence-electron chi connectivity index (χ4n) is 0.126. The molecule has 0 aromatic carbocycles. The monoisotopic (exact) mass is 208 g/mol. The minimum atomic E-state index is -0.741. The molecule has 0 N–H and O–H groups in total. The Balaban J connectivity index is -0.000000125. The van der Waals surface area contributed by atoms with Gasteiger partial charge < -0.3 is 24.8 Å². The molecule has 0 aromatic rings. The Morgan fingerprint density at radius 3 is 1.75 bits per heavy atom. The van der Waals surface area contributed by atoms with Crippen LogP contribution in [0.25, 0.3) is 0 Å². The lowest BCUT2D eigenvalue weighted by Crippen LogP contribution is -3.00. The molecule has 0 saturated heterocycles. The lowest BCUT2D eigenvalue weighted by atomic mass is 11.9. The van der Waals surface area contributed by atoms with E-state index in [-0.39, 0.29) is 24.8 Å². The van der Waals surface area contributed by atoms with Crippen LogP contribution >= 0.6 is 11.1 Å². The first kappa shape index (κ1) is 16.3. The van der Waals surface area contributed by atoms with E-state index in [2.05, 4.69) is 11.6 Å². The van der Waals surface area contributed by atoms with Crippen LogP contribution in [-0.2, 0) is 3.48 Å². The van der Waals surface area contributed by atoms with Gasteiger partial charge in [0.1, 0.15) is 11.6 Å². The summed E-state index contributed by atoms with van der Waals surface area (Å²) in [5.41, 5.74) is 0. The summed E-state index contributed by atoms with van der Waals surface area (Å²) in [6.07, 6.45) is 0. The van der Waals surface area contributed by atoms with E-state index in [1.807, 2.05) is 0 Å². The quantitative estimate of drug-likeness (QED) is 0.326. The van der Waals surface area contributed by atoms with Crippen molar-refractivity contribution in [2.24, 2.45) is 0 Å². The smallest absolute Gasteiger partial charge is 1.00 e. The summed E-state index contributed by atoms with van der Waals surface area (Å²) in [6.45, 7) is 0. The van der Waals surface area contributed by atoms with Crippen molar-refractivity contribution in [2.45, 2.75) is 11.6 Å². The van der Waals surface area contributed by atoms with Gasteiger partial charge in [0.25, 0.3) is 0 Å². The molecule has 0 bridgehead atoms. The van der Waals surface area contributed by atoms with Crippen molar-refractivity contribution >= 4 is 34.6 Å². The first-order chi connectivity index (χ1) is 2.77. The van der Waals surface area contributed by atoms with Gasteiger partial charge in [-0.2, -0.15) is 0 Å². The Hall–Kier alpha value is 1.58. The number of hydrogen-bond acceptors (Lipinski definition) is 1. The third-order valence-corrected chi connectivity index (χ3v) is 4.70. The second kappa shape index (κ2) is 11.4. The molecule has 0 amide bonds. The first-order valence-corrected chi connectivity index (χ1v) is 7.44. The summed E-state index contributed by atoms with van der Waals surface area (Å²) >= 11 is 4.61. The van der Waals surface area contributed by atoms with Crippen LogP contribution < -0.4 is 24.8 Å². The fourth-order valence-corrected chi connectivity index (χ4v) is 3.40. The third-order valence-electron chi connectivity index (χ3n) is 0.396. The van der Waals surface area contributed by atoms with Crippen LogP contribution in [0.4, 0.5) is 0 Å². The summed E-state index contributed by atoms with van der Waals surface area (Å²) in [6, 6.07) is 0. The maximum absolute atomic E-state index is 5.35. The maximum Gasteiger partial charge on any atom is 1.15 e. The van der Waals surface area contributed by atoms with Crippen LogP contribution in [0, 0.1) is 0 Å². The molecule has 0 fully saturated rings. The van der Waals surface area contributed by atoms with Crippen molar-refractivity contribution in [1.82, 2.24) is 0 Å². The maximum atomic E-state index is 5.35. The van der Waals surface area contributed by atoms with E-state index in [1.165, 1.54) is 0 Å². The summed E-state index contributed by atoms with van der Waals surface area (Å²) in [7, 11) is -0.600. The molecule has 4 radical (unpaired) electrons. The molecule has 8 heavy (non-hydrogen) atoms. The Morgan fingerprint density at radius 1 is 1.38 bits per heavy atom. The third kappa shape index (κ3) is 15.6. The Morgan fingerprint density at radius 2 is 1.75 bits per heavy atom. The van der Waals surface area contributed by atoms with Crippen LogP contribution in [0.5, 0.6) is 0 Å². The van der Waals surface area contributed by atoms with Crippen LogP contribution in [-0.4, -0.2) is 23.6 Å². The van der Waals surface area contributed by atoms with Gasteiger partial charge in [-0.05, 0) is 0 Å². The van der Waals surface area contributed by atoms with E-state index in [9.17, 15) is 0 Å². The molecule has 6 heteroatoms. The summed E-state index contributed by atoms with van der Waals surface area (Å²) < 4.78 is 5.08. The lowest BCUT2D eigenvalue weighted by Gasteiger charge is -1.62. The molecule has 1 nitrogen and oxygen atoms in total. The number of rotatable bonds is 2. The normalized spacial score (nSPS) is 9.00. The van der Waals surface area contributed by atoms with Crippen LogP contribution in [0.2, 0.25) is 11.6 Å². The molecule has 0 unspecified atom stereocenters. The Labute approximate surface area is 74.3 Å². The lowest BCUT2D eigenvalue weighted by molar-refractivity contribution is -0.00100. The summed E-state index contributed by atoms with van der Waals surface area (Å²) in [5.74, 6) is 4.24. The van der Waals surface area contributed by atoms with E-state index in [0.29, 0.717) is 0 Å². The van der Waals surface area contributed by atoms with Gasteiger partial charge in [-0.25, -0.2) is 3.48 Å². The van der Waals surface area contributed by atoms with Crippen molar-refractivity contribution < 1.29 is 28.3 Å². The Bertz CT molecular complexity index is 38.5. The van der Waals surface area contributed by atoms with E-state index < -0.39 is 23.6 Å². The average Bonchev–Trinajstić information content (AvgIpc) is 1.35. The molecule has 0 saturated carbocycles. The predicted octanol–water partition coefficient (Wildman–Crippen LogP) is -5.50. The van der Waals surface area contributed by atoms with Crippen molar-refractivity contribution in [1.29, 1.82) is 0 Å². The zero-order chi connectivity index (χ0) is 4.99. The van der Waals surface area contributed by atoms with Gasteiger partial charge in [0, 0.05) is 0 Å². The molecule has 0 aliphatic rings. The minimum absolute atomic E-state index is 0. The molecule has 0 rings (SSSR count). The average molecular weight is 210 g/mol. The van der Waals surface area contributed by atoms with Crippen molar-refractivity contribution in [2.75, 3.05) is 0 Å². The van der Waals surface area contributed by atoms with Gasteiger partial charge in [-0.3, -0.25) is 0 Å². The van der Waals surface area contributed by atoms with Gasteiger partial charge in [0.05, 0.1) is 0 Å². The molecule has 50 valence electrons. The van der Waals surface area contributed by atoms with Crippen molar-refractivity contribution in [3.8, 4) is 0 Å². The van der Waals surface area contributed by atoms with Gasteiger partial charge in [-0.1, -0.05) is 0 Å². The van der Waals surface area contributed by atoms with Gasteiger partial charge >= 0.3 is 23.6 Å². The van der Waals surface area contributed by atoms with Crippen LogP contribution in [0.1, 0.15) is 0 Å². The zero-order valence-electron chi connectivity index (χ0n) is 4.83. The molecule has 0 aromatic heterocycles. The topological polar surface area (TPSA) is 9.23 Å². The molecule has 0 aliphatic carbocycles. The van der Waals surface area contributed by atoms with Gasteiger partial charge in [-0.15, -0.1) is 11.1 Å². The largest absolute Gasteiger partial charge is 1.15 e. The summed E-state index contributed by atoms with van der Waals surface area (Å²) in [4.78, 5) is 0. The minimum Gasteiger partial charge on any atom is -1.00 e. The van der Waals surface area contributed by atoms with E-state index >= 15 is 0 Å². The van der Waals surface area contributed by atoms with Crippen LogP contribution in [0.3, 0.4) is 0 Å². The molecule has 0 atom stereocenters.